The van der Waals surface area contributed by atoms with Gasteiger partial charge in [-0.3, -0.25) is 13.9 Å². The molecule has 0 saturated carbocycles. The van der Waals surface area contributed by atoms with Crippen molar-refractivity contribution in [2.75, 3.05) is 22.9 Å². The zero-order valence-corrected chi connectivity index (χ0v) is 18.9. The summed E-state index contributed by atoms with van der Waals surface area (Å²) in [7, 11) is -2.17. The van der Waals surface area contributed by atoms with E-state index in [0.29, 0.717) is 11.3 Å². The Morgan fingerprint density at radius 3 is 2.03 bits per heavy atom. The fourth-order valence-corrected chi connectivity index (χ4v) is 3.71. The Morgan fingerprint density at radius 2 is 1.38 bits per heavy atom. The summed E-state index contributed by atoms with van der Waals surface area (Å²) in [4.78, 5) is 25.9. The first-order valence-electron chi connectivity index (χ1n) is 9.97. The van der Waals surface area contributed by atoms with Crippen molar-refractivity contribution >= 4 is 33.2 Å². The number of carbonyl (C=O) groups excluding carboxylic acids is 2. The van der Waals surface area contributed by atoms with Crippen LogP contribution in [0.5, 0.6) is 0 Å². The summed E-state index contributed by atoms with van der Waals surface area (Å²) in [5, 5.41) is 5.68. The van der Waals surface area contributed by atoms with Gasteiger partial charge in [0, 0.05) is 7.05 Å². The fraction of sp³-hybridized carbons (Fsp3) is 0.167. The molecule has 3 aromatic carbocycles. The second-order valence-electron chi connectivity index (χ2n) is 7.35. The van der Waals surface area contributed by atoms with Crippen molar-refractivity contribution in [3.8, 4) is 0 Å². The summed E-state index contributed by atoms with van der Waals surface area (Å²) in [6, 6.07) is 22.4. The number of nitrogens with zero attached hydrogens (tertiary/aromatic N) is 1. The van der Waals surface area contributed by atoms with Crippen LogP contribution in [-0.4, -0.2) is 33.5 Å². The molecular weight excluding hydrogens is 426 g/mol. The van der Waals surface area contributed by atoms with E-state index < -0.39 is 15.9 Å². The number of rotatable bonds is 7. The molecule has 0 aliphatic carbocycles. The highest BCUT2D eigenvalue weighted by molar-refractivity contribution is 7.92. The maximum atomic E-state index is 13.0. The molecule has 7 nitrogen and oxygen atoms in total. The molecule has 0 aromatic heterocycles. The molecule has 0 unspecified atom stereocenters. The van der Waals surface area contributed by atoms with E-state index in [-0.39, 0.29) is 23.2 Å². The molecule has 0 aliphatic rings. The molecule has 3 rings (SSSR count). The van der Waals surface area contributed by atoms with Gasteiger partial charge in [0.05, 0.1) is 34.8 Å². The average molecular weight is 452 g/mol. The Kier molecular flexibility index (Phi) is 6.95. The average Bonchev–Trinajstić information content (AvgIpc) is 2.78. The maximum Gasteiger partial charge on any atom is 0.257 e. The molecule has 0 spiro atoms. The molecule has 0 radical (unpaired) electrons. The second kappa shape index (κ2) is 9.65. The first-order valence-corrected chi connectivity index (χ1v) is 11.8. The minimum Gasteiger partial charge on any atom is -0.345 e. The van der Waals surface area contributed by atoms with Gasteiger partial charge in [0.15, 0.2) is 0 Å². The topological polar surface area (TPSA) is 95.6 Å². The first kappa shape index (κ1) is 23.0. The van der Waals surface area contributed by atoms with E-state index in [1.54, 1.807) is 42.5 Å². The number of hydrogen-bond donors (Lipinski definition) is 2. The van der Waals surface area contributed by atoms with E-state index in [0.717, 1.165) is 16.1 Å². The molecule has 32 heavy (non-hydrogen) atoms. The van der Waals surface area contributed by atoms with Gasteiger partial charge >= 0.3 is 0 Å². The monoisotopic (exact) mass is 451 g/mol. The van der Waals surface area contributed by atoms with Crippen LogP contribution >= 0.6 is 0 Å². The lowest BCUT2D eigenvalue weighted by atomic mass is 10.1. The van der Waals surface area contributed by atoms with Gasteiger partial charge in [0.1, 0.15) is 0 Å². The van der Waals surface area contributed by atoms with Crippen LogP contribution in [0.3, 0.4) is 0 Å². The molecule has 0 saturated heterocycles. The van der Waals surface area contributed by atoms with E-state index in [4.69, 9.17) is 0 Å². The van der Waals surface area contributed by atoms with Gasteiger partial charge in [-0.15, -0.1) is 0 Å². The van der Waals surface area contributed by atoms with E-state index in [1.807, 2.05) is 37.3 Å². The highest BCUT2D eigenvalue weighted by Gasteiger charge is 2.21. The van der Waals surface area contributed by atoms with Crippen molar-refractivity contribution in [1.82, 2.24) is 5.32 Å². The summed E-state index contributed by atoms with van der Waals surface area (Å²) >= 11 is 0. The van der Waals surface area contributed by atoms with Crippen LogP contribution < -0.4 is 14.9 Å². The van der Waals surface area contributed by atoms with E-state index in [9.17, 15) is 18.0 Å². The van der Waals surface area contributed by atoms with E-state index >= 15 is 0 Å². The standard InChI is InChI=1S/C24H25N3O4S/c1-17(18-11-5-4-6-12-18)25-23(28)19-13-7-9-15-21(19)26-24(29)20-14-8-10-16-22(20)27(2)32(3,30)31/h4-17H,1-3H3,(H,25,28)(H,26,29)/t17-/m1/s1. The normalized spacial score (nSPS) is 12.0. The van der Waals surface area contributed by atoms with Crippen LogP contribution in [0, 0.1) is 0 Å². The van der Waals surface area contributed by atoms with Gasteiger partial charge in [-0.1, -0.05) is 54.6 Å². The zero-order valence-electron chi connectivity index (χ0n) is 18.1. The van der Waals surface area contributed by atoms with Crippen molar-refractivity contribution in [3.63, 3.8) is 0 Å². The number of anilines is 2. The largest absolute Gasteiger partial charge is 0.345 e. The summed E-state index contributed by atoms with van der Waals surface area (Å²) in [5.41, 5.74) is 2.00. The summed E-state index contributed by atoms with van der Waals surface area (Å²) in [6.45, 7) is 1.88. The smallest absolute Gasteiger partial charge is 0.257 e. The lowest BCUT2D eigenvalue weighted by Crippen LogP contribution is -2.29. The Morgan fingerprint density at radius 1 is 0.812 bits per heavy atom. The summed E-state index contributed by atoms with van der Waals surface area (Å²) in [6.07, 6.45) is 1.06. The van der Waals surface area contributed by atoms with Gasteiger partial charge in [0.2, 0.25) is 10.0 Å². The van der Waals surface area contributed by atoms with Crippen molar-refractivity contribution in [2.24, 2.45) is 0 Å². The molecule has 8 heteroatoms. The molecule has 0 fully saturated rings. The van der Waals surface area contributed by atoms with Gasteiger partial charge < -0.3 is 10.6 Å². The van der Waals surface area contributed by atoms with E-state index in [1.165, 1.54) is 13.1 Å². The Labute approximate surface area is 188 Å². The number of sulfonamides is 1. The minimum absolute atomic E-state index is 0.174. The van der Waals surface area contributed by atoms with E-state index in [2.05, 4.69) is 10.6 Å². The molecule has 0 heterocycles. The highest BCUT2D eigenvalue weighted by Crippen LogP contribution is 2.24. The molecule has 2 amide bonds. The molecule has 0 aliphatic heterocycles. The number of nitrogens with one attached hydrogen (secondary N) is 2. The molecule has 3 aromatic rings. The second-order valence-corrected chi connectivity index (χ2v) is 9.37. The van der Waals surface area contributed by atoms with Crippen molar-refractivity contribution in [2.45, 2.75) is 13.0 Å². The highest BCUT2D eigenvalue weighted by atomic mass is 32.2. The SMILES string of the molecule is C[C@@H](NC(=O)c1ccccc1NC(=O)c1ccccc1N(C)S(C)(=O)=O)c1ccccc1. The minimum atomic E-state index is -3.56. The van der Waals surface area contributed by atoms with Crippen LogP contribution in [-0.2, 0) is 10.0 Å². The number of amides is 2. The fourth-order valence-electron chi connectivity index (χ4n) is 3.20. The summed E-state index contributed by atoms with van der Waals surface area (Å²) in [5.74, 6) is -0.855. The van der Waals surface area contributed by atoms with Crippen LogP contribution in [0.15, 0.2) is 78.9 Å². The van der Waals surface area contributed by atoms with Crippen LogP contribution in [0.25, 0.3) is 0 Å². The van der Waals surface area contributed by atoms with Gasteiger partial charge in [0.25, 0.3) is 11.8 Å². The predicted octanol–water partition coefficient (Wildman–Crippen LogP) is 3.83. The van der Waals surface area contributed by atoms with Crippen molar-refractivity contribution < 1.29 is 18.0 Å². The Balaban J connectivity index is 1.84. The predicted molar refractivity (Wildman–Crippen MR) is 126 cm³/mol. The van der Waals surface area contributed by atoms with Gasteiger partial charge in [-0.05, 0) is 36.8 Å². The quantitative estimate of drug-likeness (QED) is 0.571. The zero-order chi connectivity index (χ0) is 23.3. The molecule has 1 atom stereocenters. The molecule has 2 N–H and O–H groups in total. The molecular formula is C24H25N3O4S. The van der Waals surface area contributed by atoms with Crippen molar-refractivity contribution in [3.05, 3.63) is 95.6 Å². The third-order valence-electron chi connectivity index (χ3n) is 5.05. The third kappa shape index (κ3) is 5.33. The summed E-state index contributed by atoms with van der Waals surface area (Å²) < 4.78 is 25.0. The Hall–Kier alpha value is -3.65. The van der Waals surface area contributed by atoms with Gasteiger partial charge in [-0.25, -0.2) is 8.42 Å². The van der Waals surface area contributed by atoms with Crippen LogP contribution in [0.1, 0.15) is 39.2 Å². The third-order valence-corrected chi connectivity index (χ3v) is 6.24. The number of para-hydroxylation sites is 2. The maximum absolute atomic E-state index is 13.0. The number of carbonyl (C=O) groups is 2. The lowest BCUT2D eigenvalue weighted by Gasteiger charge is -2.20. The van der Waals surface area contributed by atoms with Crippen molar-refractivity contribution in [1.29, 1.82) is 0 Å². The van der Waals surface area contributed by atoms with Gasteiger partial charge in [-0.2, -0.15) is 0 Å². The molecule has 0 bridgehead atoms. The lowest BCUT2D eigenvalue weighted by molar-refractivity contribution is 0.0940. The number of hydrogen-bond acceptors (Lipinski definition) is 4. The first-order chi connectivity index (χ1) is 15.2. The number of benzene rings is 3. The molecule has 166 valence electrons. The van der Waals surface area contributed by atoms with Crippen LogP contribution in [0.4, 0.5) is 11.4 Å². The Bertz CT molecular complexity index is 1230. The van der Waals surface area contributed by atoms with Crippen LogP contribution in [0.2, 0.25) is 0 Å².